The number of carbonyl (C=O) groups is 3. The number of rotatable bonds is 7. The van der Waals surface area contributed by atoms with Gasteiger partial charge in [0.05, 0.1) is 52.6 Å². The van der Waals surface area contributed by atoms with Gasteiger partial charge in [0, 0.05) is 105 Å². The van der Waals surface area contributed by atoms with Crippen LogP contribution in [0, 0.1) is 11.3 Å². The molecule has 4 aliphatic rings. The number of piperazine rings is 1. The van der Waals surface area contributed by atoms with Crippen LogP contribution in [-0.2, 0) is 43.2 Å². The number of carbonyl (C=O) groups excluding carboxylic acids is 3. The average molecular weight is 824 g/mol. The number of ether oxygens (including phenoxy) is 2. The normalized spacial score (nSPS) is 23.9. The predicted octanol–water partition coefficient (Wildman–Crippen LogP) is 5.05. The van der Waals surface area contributed by atoms with Crippen molar-refractivity contribution < 1.29 is 23.9 Å². The Bertz CT molecular complexity index is 2270. The maximum atomic E-state index is 14.2. The van der Waals surface area contributed by atoms with Gasteiger partial charge in [0.15, 0.2) is 0 Å². The Hall–Kier alpha value is -4.70. The molecule has 4 aromatic rings. The van der Waals surface area contributed by atoms with E-state index in [1.807, 2.05) is 18.5 Å². The van der Waals surface area contributed by atoms with Gasteiger partial charge >= 0.3 is 5.97 Å². The molecule has 15 heteroatoms. The highest BCUT2D eigenvalue weighted by Crippen LogP contribution is 2.43. The third-order valence-corrected chi connectivity index (χ3v) is 13.2. The van der Waals surface area contributed by atoms with Crippen LogP contribution in [0.5, 0.6) is 0 Å². The summed E-state index contributed by atoms with van der Waals surface area (Å²) in [5.74, 6) is -1.26. The highest BCUT2D eigenvalue weighted by atomic mass is 32.1. The van der Waals surface area contributed by atoms with Crippen LogP contribution in [-0.4, -0.2) is 121 Å². The van der Waals surface area contributed by atoms with Crippen molar-refractivity contribution in [2.75, 3.05) is 65.4 Å². The number of hydrogen-bond donors (Lipinski definition) is 2. The molecular weight excluding hydrogens is 767 g/mol. The van der Waals surface area contributed by atoms with Crippen LogP contribution in [0.2, 0.25) is 0 Å². The van der Waals surface area contributed by atoms with E-state index in [0.29, 0.717) is 32.2 Å². The minimum atomic E-state index is -0.880. The van der Waals surface area contributed by atoms with E-state index in [4.69, 9.17) is 19.4 Å². The zero-order chi connectivity index (χ0) is 41.6. The first kappa shape index (κ1) is 41.1. The quantitative estimate of drug-likeness (QED) is 0.243. The van der Waals surface area contributed by atoms with E-state index in [2.05, 4.69) is 82.2 Å². The molecule has 6 bridgehead atoms. The molecule has 3 fully saturated rings. The Morgan fingerprint density at radius 2 is 1.95 bits per heavy atom. The molecule has 2 saturated heterocycles. The number of thiazole rings is 1. The predicted molar refractivity (Wildman–Crippen MR) is 231 cm³/mol. The number of nitrogens with one attached hydrogen (secondary N) is 2. The lowest BCUT2D eigenvalue weighted by Crippen LogP contribution is -2.60. The molecule has 14 nitrogen and oxygen atoms in total. The van der Waals surface area contributed by atoms with Crippen molar-refractivity contribution in [1.29, 1.82) is 0 Å². The van der Waals surface area contributed by atoms with Crippen LogP contribution in [0.1, 0.15) is 69.3 Å². The molecule has 3 aromatic heterocycles. The fraction of sp³-hybridized carbons (Fsp3) is 0.545. The molecule has 0 spiro atoms. The number of aromatic nitrogens is 3. The molecule has 6 heterocycles. The molecule has 1 aromatic carbocycles. The van der Waals surface area contributed by atoms with Crippen LogP contribution in [0.4, 0.5) is 5.69 Å². The second kappa shape index (κ2) is 16.7. The van der Waals surface area contributed by atoms with Crippen LogP contribution in [0.25, 0.3) is 33.4 Å². The molecule has 0 unspecified atom stereocenters. The molecule has 2 N–H and O–H groups in total. The number of anilines is 1. The number of aliphatic imine (C=N–C) groups is 1. The third-order valence-electron chi connectivity index (χ3n) is 12.3. The lowest BCUT2D eigenvalue weighted by atomic mass is 9.84. The SMILES string of the molecule is CCn1c(-c2cc(N3CCN(C)CC3)cnc2[C@H](C)OC)c2c3cc(ccc31)-c1csc(n1)C[C@H](NC(=O)[C@@H]1CC1=NC)C(=O)N1CCC[C@H](N1)C(=O)OCC(C)(C)C2. The molecular formula is C44H57N9O5S. The van der Waals surface area contributed by atoms with Crippen LogP contribution < -0.4 is 15.6 Å². The molecule has 3 aliphatic heterocycles. The Morgan fingerprint density at radius 3 is 2.68 bits per heavy atom. The third kappa shape index (κ3) is 8.39. The number of cyclic esters (lactones) is 1. The van der Waals surface area contributed by atoms with Gasteiger partial charge in [0.25, 0.3) is 5.91 Å². The number of hydrogen-bond acceptors (Lipinski definition) is 12. The number of benzene rings is 1. The molecule has 1 aliphatic carbocycles. The lowest BCUT2D eigenvalue weighted by molar-refractivity contribution is -0.155. The fourth-order valence-electron chi connectivity index (χ4n) is 8.75. The van der Waals surface area contributed by atoms with E-state index < -0.39 is 23.5 Å². The summed E-state index contributed by atoms with van der Waals surface area (Å²) in [6.45, 7) is 13.6. The number of hydrazine groups is 1. The van der Waals surface area contributed by atoms with Gasteiger partial charge < -0.3 is 29.2 Å². The lowest BCUT2D eigenvalue weighted by Gasteiger charge is -2.35. The standard InChI is InChI=1S/C44H57N9O5S/c1-8-52-37-12-11-27-18-29(37)32(40(52)31-19-28(23-46-39(31)26(2)57-7)51-16-14-50(6)15-17-51)22-44(3,4)25-58-43(56)33-10-9-13-53(49-33)42(55)35(21-38-47-36(27)24-59-38)48-41(54)30-20-34(30)45-5/h11-12,18-19,23-24,26,30,33,35,49H,8-10,13-17,20-22,25H2,1-7H3,(H,48,54)/t26-,30+,33-,35-/m0/s1. The van der Waals surface area contributed by atoms with Crippen molar-refractivity contribution in [2.45, 2.75) is 84.5 Å². The first-order valence-corrected chi connectivity index (χ1v) is 21.8. The average Bonchev–Trinajstić information content (AvgIpc) is 3.80. The zero-order valence-electron chi connectivity index (χ0n) is 35.3. The number of amides is 2. The molecule has 1 saturated carbocycles. The van der Waals surface area contributed by atoms with Gasteiger partial charge in [-0.2, -0.15) is 0 Å². The van der Waals surface area contributed by atoms with Crippen LogP contribution in [0.3, 0.4) is 0 Å². The monoisotopic (exact) mass is 823 g/mol. The minimum Gasteiger partial charge on any atom is -0.464 e. The summed E-state index contributed by atoms with van der Waals surface area (Å²) in [4.78, 5) is 60.4. The second-order valence-corrected chi connectivity index (χ2v) is 18.2. The fourth-order valence-corrected chi connectivity index (χ4v) is 9.60. The van der Waals surface area contributed by atoms with E-state index in [-0.39, 0.29) is 36.9 Å². The maximum Gasteiger partial charge on any atom is 0.324 e. The van der Waals surface area contributed by atoms with Crippen molar-refractivity contribution in [2.24, 2.45) is 16.3 Å². The van der Waals surface area contributed by atoms with Crippen molar-refractivity contribution in [3.8, 4) is 22.5 Å². The number of fused-ring (bicyclic) bond motifs is 6. The van der Waals surface area contributed by atoms with Crippen LogP contribution in [0.15, 0.2) is 40.8 Å². The van der Waals surface area contributed by atoms with Gasteiger partial charge in [0.1, 0.15) is 12.1 Å². The largest absolute Gasteiger partial charge is 0.464 e. The van der Waals surface area contributed by atoms with E-state index in [0.717, 1.165) is 93.8 Å². The smallest absolute Gasteiger partial charge is 0.324 e. The van der Waals surface area contributed by atoms with E-state index in [1.54, 1.807) is 14.2 Å². The molecule has 4 atom stereocenters. The summed E-state index contributed by atoms with van der Waals surface area (Å²) in [5, 5.41) is 8.34. The highest BCUT2D eigenvalue weighted by molar-refractivity contribution is 7.10. The van der Waals surface area contributed by atoms with Crippen molar-refractivity contribution >= 4 is 51.4 Å². The number of methoxy groups -OCH3 is 1. The number of nitrogens with zero attached hydrogens (tertiary/aromatic N) is 7. The van der Waals surface area contributed by atoms with Crippen molar-refractivity contribution in [1.82, 2.24) is 35.2 Å². The number of aryl methyl sites for hydroxylation is 1. The van der Waals surface area contributed by atoms with E-state index in [9.17, 15) is 14.4 Å². The summed E-state index contributed by atoms with van der Waals surface area (Å²) in [7, 11) is 5.57. The minimum absolute atomic E-state index is 0.174. The summed E-state index contributed by atoms with van der Waals surface area (Å²) in [6, 6.07) is 7.23. The first-order chi connectivity index (χ1) is 28.4. The summed E-state index contributed by atoms with van der Waals surface area (Å²) < 4.78 is 14.5. The molecule has 2 amide bonds. The van der Waals surface area contributed by atoms with Gasteiger partial charge in [-0.1, -0.05) is 19.9 Å². The van der Waals surface area contributed by atoms with Crippen LogP contribution >= 0.6 is 11.3 Å². The Morgan fingerprint density at radius 1 is 1.15 bits per heavy atom. The van der Waals surface area contributed by atoms with Gasteiger partial charge in [-0.05, 0) is 63.9 Å². The van der Waals surface area contributed by atoms with Crippen molar-refractivity contribution in [3.05, 3.63) is 52.1 Å². The highest BCUT2D eigenvalue weighted by Gasteiger charge is 2.41. The van der Waals surface area contributed by atoms with Gasteiger partial charge in [-0.15, -0.1) is 11.3 Å². The number of likely N-dealkylation sites (N-methyl/N-ethyl adjacent to an activating group) is 1. The Labute approximate surface area is 350 Å². The Kier molecular flexibility index (Phi) is 11.7. The summed E-state index contributed by atoms with van der Waals surface area (Å²) in [5.41, 5.74) is 11.6. The van der Waals surface area contributed by atoms with Crippen molar-refractivity contribution in [3.63, 3.8) is 0 Å². The van der Waals surface area contributed by atoms with Gasteiger partial charge in [0.2, 0.25) is 5.91 Å². The summed E-state index contributed by atoms with van der Waals surface area (Å²) in [6.07, 6.45) is 4.29. The second-order valence-electron chi connectivity index (χ2n) is 17.2. The van der Waals surface area contributed by atoms with Gasteiger partial charge in [-0.3, -0.25) is 29.4 Å². The Balaban J connectivity index is 1.26. The first-order valence-electron chi connectivity index (χ1n) is 20.9. The topological polar surface area (TPSA) is 147 Å². The van der Waals surface area contributed by atoms with E-state index >= 15 is 0 Å². The molecule has 8 rings (SSSR count). The summed E-state index contributed by atoms with van der Waals surface area (Å²) >= 11 is 1.47. The zero-order valence-corrected chi connectivity index (χ0v) is 36.2. The maximum absolute atomic E-state index is 14.2. The van der Waals surface area contributed by atoms with Gasteiger partial charge in [-0.25, -0.2) is 10.4 Å². The molecule has 314 valence electrons. The van der Waals surface area contributed by atoms with E-state index in [1.165, 1.54) is 16.3 Å². The molecule has 59 heavy (non-hydrogen) atoms. The molecule has 0 radical (unpaired) electrons. The number of esters is 1. The number of pyridine rings is 1.